The molecular formula is C14H18S. The fourth-order valence-electron chi connectivity index (χ4n) is 1.35. The van der Waals surface area contributed by atoms with E-state index in [2.05, 4.69) is 48.7 Å². The summed E-state index contributed by atoms with van der Waals surface area (Å²) in [5, 5.41) is 0. The average Bonchev–Trinajstić information content (AvgIpc) is 2.29. The molecule has 0 bridgehead atoms. The van der Waals surface area contributed by atoms with Gasteiger partial charge in [-0.15, -0.1) is 11.8 Å². The molecule has 0 nitrogen and oxygen atoms in total. The van der Waals surface area contributed by atoms with E-state index in [1.807, 2.05) is 6.07 Å². The molecule has 0 aromatic heterocycles. The van der Waals surface area contributed by atoms with Gasteiger partial charge in [0.15, 0.2) is 0 Å². The van der Waals surface area contributed by atoms with Gasteiger partial charge in [0.2, 0.25) is 0 Å². The van der Waals surface area contributed by atoms with Crippen LogP contribution in [0.15, 0.2) is 30.3 Å². The van der Waals surface area contributed by atoms with Crippen molar-refractivity contribution in [1.29, 1.82) is 0 Å². The molecule has 0 saturated carbocycles. The third-order valence-corrected chi connectivity index (χ3v) is 2.53. The monoisotopic (exact) mass is 218 g/mol. The van der Waals surface area contributed by atoms with Crippen molar-refractivity contribution < 1.29 is 0 Å². The van der Waals surface area contributed by atoms with Crippen molar-refractivity contribution in [2.45, 2.75) is 32.1 Å². The predicted molar refractivity (Wildman–Crippen MR) is 70.2 cm³/mol. The van der Waals surface area contributed by atoms with Gasteiger partial charge in [-0.2, -0.15) is 12.6 Å². The number of unbranched alkanes of at least 4 members (excludes halogenated alkanes) is 2. The van der Waals surface area contributed by atoms with Crippen LogP contribution < -0.4 is 0 Å². The normalized spacial score (nSPS) is 9.40. The van der Waals surface area contributed by atoms with E-state index in [4.69, 9.17) is 0 Å². The van der Waals surface area contributed by atoms with Gasteiger partial charge in [0.05, 0.1) is 0 Å². The molecule has 0 aliphatic rings. The highest BCUT2D eigenvalue weighted by Gasteiger charge is 1.87. The maximum Gasteiger partial charge on any atom is 0.0129 e. The first kappa shape index (κ1) is 12.2. The fraction of sp³-hybridized carbons (Fsp3) is 0.429. The minimum absolute atomic E-state index is 0.977. The predicted octanol–water partition coefficient (Wildman–Crippen LogP) is 3.72. The second-order valence-electron chi connectivity index (χ2n) is 3.52. The standard InChI is InChI=1S/C14H18S/c15-13-9-4-2-1-3-6-10-14-11-7-5-8-12-14/h5,7-8,11-12,15H,2,4,6,9-10,13H2. The summed E-state index contributed by atoms with van der Waals surface area (Å²) in [5.41, 5.74) is 1.38. The van der Waals surface area contributed by atoms with Gasteiger partial charge >= 0.3 is 0 Å². The molecule has 0 spiro atoms. The molecule has 0 N–H and O–H groups in total. The Morgan fingerprint density at radius 2 is 1.67 bits per heavy atom. The maximum atomic E-state index is 4.16. The Morgan fingerprint density at radius 3 is 2.40 bits per heavy atom. The van der Waals surface area contributed by atoms with E-state index >= 15 is 0 Å². The average molecular weight is 218 g/mol. The van der Waals surface area contributed by atoms with Gasteiger partial charge in [-0.05, 0) is 30.6 Å². The highest BCUT2D eigenvalue weighted by molar-refractivity contribution is 7.80. The molecule has 0 aliphatic heterocycles. The van der Waals surface area contributed by atoms with Crippen LogP contribution >= 0.6 is 12.6 Å². The molecule has 1 rings (SSSR count). The lowest BCUT2D eigenvalue weighted by Crippen LogP contribution is -1.81. The molecule has 1 aromatic carbocycles. The van der Waals surface area contributed by atoms with Gasteiger partial charge in [-0.3, -0.25) is 0 Å². The van der Waals surface area contributed by atoms with E-state index in [0.717, 1.165) is 25.0 Å². The van der Waals surface area contributed by atoms with E-state index < -0.39 is 0 Å². The van der Waals surface area contributed by atoms with Crippen molar-refractivity contribution in [3.8, 4) is 11.8 Å². The van der Waals surface area contributed by atoms with Gasteiger partial charge in [0.25, 0.3) is 0 Å². The van der Waals surface area contributed by atoms with E-state index in [0.29, 0.717) is 0 Å². The zero-order chi connectivity index (χ0) is 10.8. The molecule has 1 heteroatoms. The van der Waals surface area contributed by atoms with Gasteiger partial charge in [-0.25, -0.2) is 0 Å². The summed E-state index contributed by atoms with van der Waals surface area (Å²) < 4.78 is 0. The zero-order valence-corrected chi connectivity index (χ0v) is 9.97. The van der Waals surface area contributed by atoms with Crippen molar-refractivity contribution in [2.24, 2.45) is 0 Å². The van der Waals surface area contributed by atoms with Crippen LogP contribution in [0, 0.1) is 11.8 Å². The van der Waals surface area contributed by atoms with Crippen molar-refractivity contribution in [3.05, 3.63) is 35.9 Å². The molecule has 0 heterocycles. The van der Waals surface area contributed by atoms with E-state index in [1.54, 1.807) is 0 Å². The summed E-state index contributed by atoms with van der Waals surface area (Å²) in [5.74, 6) is 7.40. The Labute approximate surface area is 98.5 Å². The van der Waals surface area contributed by atoms with Gasteiger partial charge in [0.1, 0.15) is 0 Å². The molecule has 0 fully saturated rings. The summed E-state index contributed by atoms with van der Waals surface area (Å²) in [6.07, 6.45) is 5.43. The van der Waals surface area contributed by atoms with Crippen molar-refractivity contribution >= 4 is 12.6 Å². The first-order valence-corrected chi connectivity index (χ1v) is 6.17. The van der Waals surface area contributed by atoms with E-state index in [1.165, 1.54) is 18.4 Å². The second kappa shape index (κ2) is 8.44. The van der Waals surface area contributed by atoms with Crippen LogP contribution in [0.5, 0.6) is 0 Å². The number of aryl methyl sites for hydroxylation is 1. The molecule has 0 aliphatic carbocycles. The first-order chi connectivity index (χ1) is 7.43. The number of hydrogen-bond acceptors (Lipinski definition) is 1. The van der Waals surface area contributed by atoms with Crippen molar-refractivity contribution in [1.82, 2.24) is 0 Å². The van der Waals surface area contributed by atoms with Crippen LogP contribution in [0.1, 0.15) is 31.2 Å². The van der Waals surface area contributed by atoms with Crippen LogP contribution in [0.4, 0.5) is 0 Å². The fourth-order valence-corrected chi connectivity index (χ4v) is 1.58. The van der Waals surface area contributed by atoms with Crippen LogP contribution in [0.3, 0.4) is 0 Å². The van der Waals surface area contributed by atoms with Crippen LogP contribution in [-0.2, 0) is 6.42 Å². The molecule has 0 atom stereocenters. The number of rotatable bonds is 5. The molecule has 0 unspecified atom stereocenters. The number of benzene rings is 1. The molecule has 15 heavy (non-hydrogen) atoms. The summed E-state index contributed by atoms with van der Waals surface area (Å²) in [7, 11) is 0. The van der Waals surface area contributed by atoms with Gasteiger partial charge in [0, 0.05) is 12.8 Å². The van der Waals surface area contributed by atoms with Crippen LogP contribution in [0.2, 0.25) is 0 Å². The summed E-state index contributed by atoms with van der Waals surface area (Å²) in [6, 6.07) is 10.5. The smallest absolute Gasteiger partial charge is 0.0129 e. The third kappa shape index (κ3) is 6.25. The van der Waals surface area contributed by atoms with Crippen molar-refractivity contribution in [2.75, 3.05) is 5.75 Å². The van der Waals surface area contributed by atoms with Gasteiger partial charge in [-0.1, -0.05) is 30.3 Å². The molecular weight excluding hydrogens is 200 g/mol. The zero-order valence-electron chi connectivity index (χ0n) is 9.08. The lowest BCUT2D eigenvalue weighted by molar-refractivity contribution is 0.837. The van der Waals surface area contributed by atoms with E-state index in [9.17, 15) is 0 Å². The van der Waals surface area contributed by atoms with E-state index in [-0.39, 0.29) is 0 Å². The Hall–Kier alpha value is -0.870. The lowest BCUT2D eigenvalue weighted by Gasteiger charge is -1.94. The Bertz CT molecular complexity index is 305. The van der Waals surface area contributed by atoms with Crippen LogP contribution in [-0.4, -0.2) is 5.75 Å². The lowest BCUT2D eigenvalue weighted by atomic mass is 10.1. The summed E-state index contributed by atoms with van der Waals surface area (Å²) >= 11 is 4.16. The Morgan fingerprint density at radius 1 is 0.933 bits per heavy atom. The number of hydrogen-bond donors (Lipinski definition) is 1. The maximum absolute atomic E-state index is 4.16. The molecule has 0 amide bonds. The highest BCUT2D eigenvalue weighted by atomic mass is 32.1. The topological polar surface area (TPSA) is 0 Å². The SMILES string of the molecule is SCCCCC#CCCc1ccccc1. The highest BCUT2D eigenvalue weighted by Crippen LogP contribution is 2.01. The summed E-state index contributed by atoms with van der Waals surface area (Å²) in [4.78, 5) is 0. The third-order valence-electron chi connectivity index (χ3n) is 2.22. The largest absolute Gasteiger partial charge is 0.179 e. The minimum Gasteiger partial charge on any atom is -0.179 e. The molecule has 1 aromatic rings. The quantitative estimate of drug-likeness (QED) is 0.434. The summed E-state index contributed by atoms with van der Waals surface area (Å²) in [6.45, 7) is 0. The first-order valence-electron chi connectivity index (χ1n) is 5.54. The minimum atomic E-state index is 0.977. The molecule has 80 valence electrons. The Balaban J connectivity index is 2.11. The van der Waals surface area contributed by atoms with Gasteiger partial charge < -0.3 is 0 Å². The molecule has 0 radical (unpaired) electrons. The Kier molecular flexibility index (Phi) is 6.86. The number of thiol groups is 1. The van der Waals surface area contributed by atoms with Crippen LogP contribution in [0.25, 0.3) is 0 Å². The van der Waals surface area contributed by atoms with Crippen molar-refractivity contribution in [3.63, 3.8) is 0 Å². The molecule has 0 saturated heterocycles. The second-order valence-corrected chi connectivity index (χ2v) is 3.97.